The molecule has 0 bridgehead atoms. The number of carbonyl (C=O) groups excluding carboxylic acids is 2. The second-order valence-electron chi connectivity index (χ2n) is 4.65. The van der Waals surface area contributed by atoms with Crippen LogP contribution < -0.4 is 10.9 Å². The first-order valence-electron chi connectivity index (χ1n) is 7.18. The third-order valence-electron chi connectivity index (χ3n) is 2.80. The van der Waals surface area contributed by atoms with Gasteiger partial charge in [-0.2, -0.15) is 10.2 Å². The molecule has 2 heterocycles. The Balaban J connectivity index is 1.65. The van der Waals surface area contributed by atoms with E-state index in [0.29, 0.717) is 0 Å². The lowest BCUT2D eigenvalue weighted by molar-refractivity contribution is -0.126. The van der Waals surface area contributed by atoms with Gasteiger partial charge in [0.1, 0.15) is 0 Å². The fourth-order valence-electron chi connectivity index (χ4n) is 1.60. The smallest absolute Gasteiger partial charge is 0.240 e. The highest BCUT2D eigenvalue weighted by Crippen LogP contribution is 1.93. The molecule has 8 nitrogen and oxygen atoms in total. The number of aromatic nitrogens is 2. The van der Waals surface area contributed by atoms with Gasteiger partial charge in [-0.05, 0) is 35.4 Å². The maximum Gasteiger partial charge on any atom is 0.240 e. The van der Waals surface area contributed by atoms with Gasteiger partial charge in [0.25, 0.3) is 0 Å². The molecule has 2 aromatic rings. The third-order valence-corrected chi connectivity index (χ3v) is 2.80. The number of rotatable bonds is 7. The molecule has 0 aliphatic carbocycles. The van der Waals surface area contributed by atoms with Gasteiger partial charge in [0.05, 0.1) is 12.4 Å². The van der Waals surface area contributed by atoms with Crippen LogP contribution in [-0.4, -0.2) is 34.2 Å². The van der Waals surface area contributed by atoms with Crippen LogP contribution in [0.5, 0.6) is 0 Å². The summed E-state index contributed by atoms with van der Waals surface area (Å²) in [4.78, 5) is 30.9. The Bertz CT molecular complexity index is 652. The molecule has 0 saturated heterocycles. The Hall–Kier alpha value is -3.42. The van der Waals surface area contributed by atoms with Crippen LogP contribution in [0.2, 0.25) is 0 Å². The number of amides is 2. The summed E-state index contributed by atoms with van der Waals surface area (Å²) in [5.41, 5.74) is 6.33. The highest BCUT2D eigenvalue weighted by molar-refractivity contribution is 5.86. The van der Waals surface area contributed by atoms with Crippen LogP contribution in [0.25, 0.3) is 0 Å². The van der Waals surface area contributed by atoms with Gasteiger partial charge in [-0.15, -0.1) is 0 Å². The van der Waals surface area contributed by atoms with E-state index < -0.39 is 0 Å². The van der Waals surface area contributed by atoms with Gasteiger partial charge in [0.15, 0.2) is 0 Å². The number of nitrogens with one attached hydrogen (secondary N) is 2. The van der Waals surface area contributed by atoms with Gasteiger partial charge in [-0.1, -0.05) is 0 Å². The average molecular weight is 324 g/mol. The summed E-state index contributed by atoms with van der Waals surface area (Å²) in [6.45, 7) is 0. The third kappa shape index (κ3) is 6.56. The van der Waals surface area contributed by atoms with E-state index in [9.17, 15) is 9.59 Å². The quantitative estimate of drug-likeness (QED) is 0.581. The van der Waals surface area contributed by atoms with E-state index in [1.165, 1.54) is 12.4 Å². The summed E-state index contributed by atoms with van der Waals surface area (Å²) in [5.74, 6) is -0.706. The summed E-state index contributed by atoms with van der Waals surface area (Å²) < 4.78 is 0. The summed E-state index contributed by atoms with van der Waals surface area (Å²) in [7, 11) is 0. The van der Waals surface area contributed by atoms with Crippen molar-refractivity contribution in [2.75, 3.05) is 0 Å². The molecule has 2 amide bonds. The fraction of sp³-hybridized carbons (Fsp3) is 0.125. The van der Waals surface area contributed by atoms with E-state index in [1.807, 2.05) is 0 Å². The molecule has 0 radical (unpaired) electrons. The van der Waals surface area contributed by atoms with Gasteiger partial charge in [0.2, 0.25) is 11.8 Å². The van der Waals surface area contributed by atoms with E-state index in [2.05, 4.69) is 31.0 Å². The average Bonchev–Trinajstić information content (AvgIpc) is 2.62. The van der Waals surface area contributed by atoms with Crippen LogP contribution >= 0.6 is 0 Å². The van der Waals surface area contributed by atoms with Crippen LogP contribution in [0.1, 0.15) is 24.0 Å². The molecule has 0 aromatic carbocycles. The summed E-state index contributed by atoms with van der Waals surface area (Å²) >= 11 is 0. The summed E-state index contributed by atoms with van der Waals surface area (Å²) in [5, 5.41) is 7.60. The van der Waals surface area contributed by atoms with Crippen LogP contribution in [0.4, 0.5) is 0 Å². The summed E-state index contributed by atoms with van der Waals surface area (Å²) in [6, 6.07) is 7.02. The van der Waals surface area contributed by atoms with E-state index in [1.54, 1.807) is 49.1 Å². The number of hydrogen-bond acceptors (Lipinski definition) is 6. The Kier molecular flexibility index (Phi) is 6.75. The number of nitrogens with zero attached hydrogens (tertiary/aromatic N) is 4. The minimum Gasteiger partial charge on any atom is -0.273 e. The standard InChI is InChI=1S/C16H16N6O2/c23-15(21-19-11-13-3-7-17-8-4-13)1-2-16(24)22-20-12-14-5-9-18-10-6-14/h3-12H,1-2H2,(H,21,23)(H,22,24)/b19-11-,20-12+. The van der Waals surface area contributed by atoms with Gasteiger partial charge in [-0.25, -0.2) is 10.9 Å². The molecule has 2 rings (SSSR count). The maximum absolute atomic E-state index is 11.6. The molecular weight excluding hydrogens is 308 g/mol. The zero-order chi connectivity index (χ0) is 17.0. The molecule has 0 saturated carbocycles. The molecule has 24 heavy (non-hydrogen) atoms. The van der Waals surface area contributed by atoms with E-state index in [-0.39, 0.29) is 24.7 Å². The fourth-order valence-corrected chi connectivity index (χ4v) is 1.60. The van der Waals surface area contributed by atoms with Crippen LogP contribution in [0, 0.1) is 0 Å². The van der Waals surface area contributed by atoms with Crippen molar-refractivity contribution in [2.24, 2.45) is 10.2 Å². The van der Waals surface area contributed by atoms with Crippen molar-refractivity contribution in [1.29, 1.82) is 0 Å². The maximum atomic E-state index is 11.6. The number of carbonyl (C=O) groups is 2. The molecule has 2 N–H and O–H groups in total. The molecule has 2 aromatic heterocycles. The van der Waals surface area contributed by atoms with Crippen molar-refractivity contribution in [1.82, 2.24) is 20.8 Å². The minimum atomic E-state index is -0.353. The van der Waals surface area contributed by atoms with Crippen molar-refractivity contribution in [3.05, 3.63) is 60.2 Å². The van der Waals surface area contributed by atoms with Gasteiger partial charge in [-0.3, -0.25) is 19.6 Å². The number of hydrogen-bond donors (Lipinski definition) is 2. The highest BCUT2D eigenvalue weighted by Gasteiger charge is 2.05. The molecule has 0 aliphatic heterocycles. The van der Waals surface area contributed by atoms with Crippen LogP contribution in [0.3, 0.4) is 0 Å². The molecule has 0 aliphatic rings. The highest BCUT2D eigenvalue weighted by atomic mass is 16.2. The largest absolute Gasteiger partial charge is 0.273 e. The monoisotopic (exact) mass is 324 g/mol. The normalized spacial score (nSPS) is 10.8. The van der Waals surface area contributed by atoms with Crippen molar-refractivity contribution >= 4 is 24.2 Å². The van der Waals surface area contributed by atoms with Crippen molar-refractivity contribution in [2.45, 2.75) is 12.8 Å². The van der Waals surface area contributed by atoms with Gasteiger partial charge in [0, 0.05) is 37.6 Å². The molecule has 8 heteroatoms. The second kappa shape index (κ2) is 9.57. The molecule has 0 fully saturated rings. The van der Waals surface area contributed by atoms with E-state index in [0.717, 1.165) is 11.1 Å². The lowest BCUT2D eigenvalue weighted by Crippen LogP contribution is -2.22. The molecule has 122 valence electrons. The Labute approximate surface area is 138 Å². The van der Waals surface area contributed by atoms with E-state index in [4.69, 9.17) is 0 Å². The Morgan fingerprint density at radius 2 is 1.17 bits per heavy atom. The second-order valence-corrected chi connectivity index (χ2v) is 4.65. The van der Waals surface area contributed by atoms with Crippen molar-refractivity contribution in [3.63, 3.8) is 0 Å². The molecule has 0 atom stereocenters. The SMILES string of the molecule is O=C(CCC(=O)N/N=C/c1ccncc1)N/N=C\c1ccncc1. The van der Waals surface area contributed by atoms with Gasteiger partial charge >= 0.3 is 0 Å². The van der Waals surface area contributed by atoms with Crippen LogP contribution in [0.15, 0.2) is 59.3 Å². The molecular formula is C16H16N6O2. The Morgan fingerprint density at radius 1 is 0.792 bits per heavy atom. The van der Waals surface area contributed by atoms with Crippen molar-refractivity contribution < 1.29 is 9.59 Å². The first-order chi connectivity index (χ1) is 11.7. The lowest BCUT2D eigenvalue weighted by atomic mass is 10.3. The summed E-state index contributed by atoms with van der Waals surface area (Å²) in [6.07, 6.45) is 9.53. The first-order valence-corrected chi connectivity index (χ1v) is 7.18. The Morgan fingerprint density at radius 3 is 1.54 bits per heavy atom. The lowest BCUT2D eigenvalue weighted by Gasteiger charge is -2.00. The van der Waals surface area contributed by atoms with Crippen molar-refractivity contribution in [3.8, 4) is 0 Å². The van der Waals surface area contributed by atoms with E-state index >= 15 is 0 Å². The first kappa shape index (κ1) is 16.9. The van der Waals surface area contributed by atoms with Crippen LogP contribution in [-0.2, 0) is 9.59 Å². The minimum absolute atomic E-state index is 0.0182. The van der Waals surface area contributed by atoms with Gasteiger partial charge < -0.3 is 0 Å². The number of pyridine rings is 2. The molecule has 0 unspecified atom stereocenters. The number of hydrazone groups is 2. The zero-order valence-corrected chi connectivity index (χ0v) is 12.8. The zero-order valence-electron chi connectivity index (χ0n) is 12.8. The molecule has 0 spiro atoms. The predicted molar refractivity (Wildman–Crippen MR) is 89.2 cm³/mol. The predicted octanol–water partition coefficient (Wildman–Crippen LogP) is 0.857. The topological polar surface area (TPSA) is 109 Å².